The summed E-state index contributed by atoms with van der Waals surface area (Å²) in [5, 5.41) is 15.8. The van der Waals surface area contributed by atoms with Crippen LogP contribution in [0.4, 0.5) is 28.8 Å². The topological polar surface area (TPSA) is 99.8 Å². The first kappa shape index (κ1) is 20.7. The maximum Gasteiger partial charge on any atom is 0.333 e. The van der Waals surface area contributed by atoms with Gasteiger partial charge in [0.05, 0.1) is 11.1 Å². The number of nitrogens with zero attached hydrogens (tertiary/aromatic N) is 6. The zero-order valence-corrected chi connectivity index (χ0v) is 17.3. The molecule has 0 bridgehead atoms. The summed E-state index contributed by atoms with van der Waals surface area (Å²) in [6, 6.07) is 17.2. The van der Waals surface area contributed by atoms with Gasteiger partial charge in [-0.25, -0.2) is 10.4 Å². The molecule has 3 rings (SSSR count). The maximum absolute atomic E-state index is 11.6. The molecule has 0 saturated heterocycles. The molecule has 0 radical (unpaired) electrons. The van der Waals surface area contributed by atoms with E-state index in [1.54, 1.807) is 25.1 Å². The van der Waals surface area contributed by atoms with E-state index in [-0.39, 0.29) is 23.1 Å². The summed E-state index contributed by atoms with van der Waals surface area (Å²) in [6.45, 7) is 1.58. The fraction of sp³-hybridized carbons (Fsp3) is 0.190. The van der Waals surface area contributed by atoms with Crippen molar-refractivity contribution >= 4 is 35.0 Å². The van der Waals surface area contributed by atoms with Crippen LogP contribution in [0.3, 0.4) is 0 Å². The third-order valence-corrected chi connectivity index (χ3v) is 4.47. The number of anilines is 4. The quantitative estimate of drug-likeness (QED) is 0.361. The van der Waals surface area contributed by atoms with Gasteiger partial charge in [-0.3, -0.25) is 10.1 Å². The summed E-state index contributed by atoms with van der Waals surface area (Å²) in [6.07, 6.45) is 1.64. The van der Waals surface area contributed by atoms with Crippen molar-refractivity contribution in [2.45, 2.75) is 6.92 Å². The number of para-hydroxylation sites is 1. The minimum Gasteiger partial charge on any atom is -0.378 e. The number of aromatic nitrogens is 2. The maximum atomic E-state index is 11.6. The number of nitrogens with one attached hydrogen (secondary N) is 1. The Kier molecular flexibility index (Phi) is 6.21. The fourth-order valence-corrected chi connectivity index (χ4v) is 2.85. The lowest BCUT2D eigenvalue weighted by Crippen LogP contribution is -2.16. The second-order valence-corrected chi connectivity index (χ2v) is 6.81. The Balaban J connectivity index is 1.87. The van der Waals surface area contributed by atoms with E-state index >= 15 is 0 Å². The average molecular weight is 405 g/mol. The van der Waals surface area contributed by atoms with Gasteiger partial charge in [0, 0.05) is 32.5 Å². The normalized spacial score (nSPS) is 10.8. The van der Waals surface area contributed by atoms with E-state index in [0.717, 1.165) is 16.9 Å². The number of rotatable bonds is 7. The molecule has 0 spiro atoms. The molecule has 1 aromatic heterocycles. The number of benzene rings is 2. The molecule has 0 atom stereocenters. The van der Waals surface area contributed by atoms with Crippen LogP contribution in [0.25, 0.3) is 0 Å². The molecule has 0 aliphatic rings. The molecular formula is C21H23N7O2. The van der Waals surface area contributed by atoms with E-state index in [9.17, 15) is 10.1 Å². The molecule has 2 aromatic carbocycles. The minimum absolute atomic E-state index is 0.143. The van der Waals surface area contributed by atoms with Crippen molar-refractivity contribution in [1.82, 2.24) is 9.97 Å². The monoisotopic (exact) mass is 405 g/mol. The molecule has 0 aliphatic carbocycles. The van der Waals surface area contributed by atoms with Crippen molar-refractivity contribution in [3.63, 3.8) is 0 Å². The smallest absolute Gasteiger partial charge is 0.333 e. The number of aryl methyl sites for hydroxylation is 1. The summed E-state index contributed by atoms with van der Waals surface area (Å²) < 4.78 is 0. The summed E-state index contributed by atoms with van der Waals surface area (Å²) in [5.41, 5.74) is 5.63. The minimum atomic E-state index is -0.469. The molecule has 0 fully saturated rings. The third-order valence-electron chi connectivity index (χ3n) is 4.47. The van der Waals surface area contributed by atoms with Gasteiger partial charge in [0.1, 0.15) is 5.69 Å². The van der Waals surface area contributed by atoms with Crippen LogP contribution in [0, 0.1) is 17.0 Å². The number of hydrazone groups is 1. The lowest BCUT2D eigenvalue weighted by Gasteiger charge is -2.19. The highest BCUT2D eigenvalue weighted by molar-refractivity contribution is 5.81. The van der Waals surface area contributed by atoms with Crippen LogP contribution < -0.4 is 15.2 Å². The molecule has 9 heteroatoms. The van der Waals surface area contributed by atoms with Gasteiger partial charge in [-0.1, -0.05) is 30.3 Å². The van der Waals surface area contributed by atoms with E-state index in [4.69, 9.17) is 0 Å². The van der Waals surface area contributed by atoms with Crippen LogP contribution in [-0.2, 0) is 0 Å². The standard InChI is InChI=1S/C21H23N7O2/c1-15-19(28(29)30)20(27(4)18-8-6-5-7-9-18)24-21(23-15)25-22-14-16-10-12-17(13-11-16)26(2)3/h5-14H,1-4H3,(H,23,24,25). The van der Waals surface area contributed by atoms with E-state index in [1.807, 2.05) is 73.6 Å². The van der Waals surface area contributed by atoms with Crippen LogP contribution in [0.5, 0.6) is 0 Å². The first-order valence-corrected chi connectivity index (χ1v) is 9.25. The Morgan fingerprint density at radius 3 is 2.27 bits per heavy atom. The Bertz CT molecular complexity index is 1050. The Morgan fingerprint density at radius 2 is 1.67 bits per heavy atom. The van der Waals surface area contributed by atoms with Gasteiger partial charge in [-0.2, -0.15) is 10.1 Å². The van der Waals surface area contributed by atoms with Crippen molar-refractivity contribution in [3.05, 3.63) is 76.0 Å². The van der Waals surface area contributed by atoms with E-state index in [1.165, 1.54) is 0 Å². The zero-order valence-electron chi connectivity index (χ0n) is 17.3. The average Bonchev–Trinajstić information content (AvgIpc) is 2.73. The molecule has 30 heavy (non-hydrogen) atoms. The number of nitro groups is 1. The Morgan fingerprint density at radius 1 is 1.00 bits per heavy atom. The lowest BCUT2D eigenvalue weighted by atomic mass is 10.2. The molecule has 0 amide bonds. The molecule has 154 valence electrons. The van der Waals surface area contributed by atoms with Crippen molar-refractivity contribution in [1.29, 1.82) is 0 Å². The SMILES string of the molecule is Cc1nc(NN=Cc2ccc(N(C)C)cc2)nc(N(C)c2ccccc2)c1[N+](=O)[O-]. The number of hydrogen-bond acceptors (Lipinski definition) is 8. The molecule has 0 aliphatic heterocycles. The van der Waals surface area contributed by atoms with Gasteiger partial charge in [-0.05, 0) is 36.8 Å². The van der Waals surface area contributed by atoms with Crippen LogP contribution in [0.1, 0.15) is 11.3 Å². The van der Waals surface area contributed by atoms with Crippen LogP contribution >= 0.6 is 0 Å². The summed E-state index contributed by atoms with van der Waals surface area (Å²) in [7, 11) is 5.68. The first-order chi connectivity index (χ1) is 14.4. The molecule has 1 N–H and O–H groups in total. The van der Waals surface area contributed by atoms with Gasteiger partial charge in [-0.15, -0.1) is 0 Å². The highest BCUT2D eigenvalue weighted by Crippen LogP contribution is 2.33. The van der Waals surface area contributed by atoms with Gasteiger partial charge < -0.3 is 9.80 Å². The first-order valence-electron chi connectivity index (χ1n) is 9.25. The van der Waals surface area contributed by atoms with E-state index < -0.39 is 4.92 Å². The lowest BCUT2D eigenvalue weighted by molar-refractivity contribution is -0.385. The predicted molar refractivity (Wildman–Crippen MR) is 120 cm³/mol. The van der Waals surface area contributed by atoms with Gasteiger partial charge >= 0.3 is 5.69 Å². The third kappa shape index (κ3) is 4.69. The second kappa shape index (κ2) is 8.99. The molecule has 9 nitrogen and oxygen atoms in total. The van der Waals surface area contributed by atoms with E-state index in [2.05, 4.69) is 20.5 Å². The molecule has 1 heterocycles. The van der Waals surface area contributed by atoms with Crippen LogP contribution in [0.15, 0.2) is 59.7 Å². The Hall–Kier alpha value is -4.01. The highest BCUT2D eigenvalue weighted by Gasteiger charge is 2.25. The van der Waals surface area contributed by atoms with Crippen molar-refractivity contribution < 1.29 is 4.92 Å². The Labute approximate surface area is 174 Å². The zero-order chi connectivity index (χ0) is 21.7. The largest absolute Gasteiger partial charge is 0.378 e. The van der Waals surface area contributed by atoms with Crippen molar-refractivity contribution in [2.75, 3.05) is 36.4 Å². The summed E-state index contributed by atoms with van der Waals surface area (Å²) in [4.78, 5) is 23.3. The van der Waals surface area contributed by atoms with Gasteiger partial charge in [0.15, 0.2) is 0 Å². The second-order valence-electron chi connectivity index (χ2n) is 6.81. The molecule has 0 unspecified atom stereocenters. The van der Waals surface area contributed by atoms with Crippen LogP contribution in [-0.4, -0.2) is 42.2 Å². The van der Waals surface area contributed by atoms with Crippen LogP contribution in [0.2, 0.25) is 0 Å². The van der Waals surface area contributed by atoms with E-state index in [0.29, 0.717) is 0 Å². The van der Waals surface area contributed by atoms with Crippen molar-refractivity contribution in [3.8, 4) is 0 Å². The van der Waals surface area contributed by atoms with Gasteiger partial charge in [0.25, 0.3) is 0 Å². The predicted octanol–water partition coefficient (Wildman–Crippen LogP) is 3.97. The fourth-order valence-electron chi connectivity index (χ4n) is 2.85. The number of hydrogen-bond donors (Lipinski definition) is 1. The van der Waals surface area contributed by atoms with Crippen molar-refractivity contribution in [2.24, 2.45) is 5.10 Å². The van der Waals surface area contributed by atoms with Gasteiger partial charge in [0.2, 0.25) is 11.8 Å². The summed E-state index contributed by atoms with van der Waals surface area (Å²) >= 11 is 0. The molecule has 3 aromatic rings. The summed E-state index contributed by atoms with van der Waals surface area (Å²) in [5.74, 6) is 0.365. The highest BCUT2D eigenvalue weighted by atomic mass is 16.6. The molecule has 0 saturated carbocycles. The molecular weight excluding hydrogens is 382 g/mol.